The van der Waals surface area contributed by atoms with Gasteiger partial charge in [0.05, 0.1) is 10.6 Å². The highest BCUT2D eigenvalue weighted by atomic mass is 35.5. The zero-order chi connectivity index (χ0) is 22.0. The molecule has 4 rings (SSSR count). The van der Waals surface area contributed by atoms with E-state index in [-0.39, 0.29) is 29.1 Å². The van der Waals surface area contributed by atoms with E-state index in [9.17, 15) is 13.2 Å². The van der Waals surface area contributed by atoms with Gasteiger partial charge in [0.1, 0.15) is 6.54 Å². The fourth-order valence-electron chi connectivity index (χ4n) is 4.41. The Kier molecular flexibility index (Phi) is 6.39. The number of benzene rings is 2. The molecule has 1 aliphatic rings. The molecule has 1 fully saturated rings. The zero-order valence-corrected chi connectivity index (χ0v) is 19.1. The number of carbonyl (C=O) groups is 1. The molecule has 164 valence electrons. The fourth-order valence-corrected chi connectivity index (χ4v) is 6.12. The first-order valence-corrected chi connectivity index (χ1v) is 12.7. The van der Waals surface area contributed by atoms with Gasteiger partial charge in [-0.15, -0.1) is 0 Å². The number of nitrogens with zero attached hydrogens (tertiary/aromatic N) is 1. The summed E-state index contributed by atoms with van der Waals surface area (Å²) in [5, 5.41) is 4.35. The number of hydrogen-bond acceptors (Lipinski definition) is 3. The number of amides is 1. The van der Waals surface area contributed by atoms with Crippen molar-refractivity contribution in [3.63, 3.8) is 0 Å². The average molecular weight is 459 g/mol. The van der Waals surface area contributed by atoms with Crippen molar-refractivity contribution in [3.8, 4) is 0 Å². The van der Waals surface area contributed by atoms with Gasteiger partial charge in [-0.1, -0.05) is 61.7 Å². The molecule has 5 nitrogen and oxygen atoms in total. The molecule has 3 aromatic rings. The van der Waals surface area contributed by atoms with E-state index < -0.39 is 9.84 Å². The molecule has 1 heterocycles. The Bertz CT molecular complexity index is 1190. The lowest BCUT2D eigenvalue weighted by atomic mass is 9.86. The summed E-state index contributed by atoms with van der Waals surface area (Å²) in [6, 6.07) is 14.3. The lowest BCUT2D eigenvalue weighted by Gasteiger charge is -2.29. The second-order valence-electron chi connectivity index (χ2n) is 8.46. The van der Waals surface area contributed by atoms with E-state index in [1.807, 2.05) is 18.2 Å². The third kappa shape index (κ3) is 4.96. The molecule has 31 heavy (non-hydrogen) atoms. The molecule has 0 saturated heterocycles. The summed E-state index contributed by atoms with van der Waals surface area (Å²) < 4.78 is 28.2. The molecule has 2 unspecified atom stereocenters. The Hall–Kier alpha value is -2.31. The molecule has 1 N–H and O–H groups in total. The van der Waals surface area contributed by atoms with Crippen LogP contribution in [0.1, 0.15) is 38.2 Å². The van der Waals surface area contributed by atoms with Crippen LogP contribution in [-0.4, -0.2) is 24.9 Å². The number of nitrogens with one attached hydrogen (secondary N) is 1. The molecule has 0 spiro atoms. The summed E-state index contributed by atoms with van der Waals surface area (Å²) in [5.74, 6) is 0.264. The van der Waals surface area contributed by atoms with E-state index in [0.29, 0.717) is 21.9 Å². The number of carbonyl (C=O) groups excluding carboxylic acids is 1. The first-order chi connectivity index (χ1) is 14.8. The maximum absolute atomic E-state index is 13.2. The van der Waals surface area contributed by atoms with E-state index in [4.69, 9.17) is 11.6 Å². The Balaban J connectivity index is 1.59. The molecule has 0 aliphatic heterocycles. The van der Waals surface area contributed by atoms with Crippen LogP contribution in [0.5, 0.6) is 0 Å². The number of sulfone groups is 1. The topological polar surface area (TPSA) is 68.2 Å². The molecule has 0 bridgehead atoms. The molecule has 2 aromatic carbocycles. The Labute approximate surface area is 188 Å². The fraction of sp³-hybridized carbons (Fsp3) is 0.375. The van der Waals surface area contributed by atoms with Crippen molar-refractivity contribution in [1.82, 2.24) is 9.88 Å². The minimum Gasteiger partial charge on any atom is -0.352 e. The van der Waals surface area contributed by atoms with Crippen LogP contribution in [-0.2, 0) is 26.9 Å². The normalized spacial score (nSPS) is 19.4. The lowest BCUT2D eigenvalue weighted by molar-refractivity contribution is -0.122. The average Bonchev–Trinajstić information content (AvgIpc) is 3.11. The van der Waals surface area contributed by atoms with Crippen molar-refractivity contribution in [1.29, 1.82) is 0 Å². The van der Waals surface area contributed by atoms with Crippen LogP contribution in [0.15, 0.2) is 59.6 Å². The van der Waals surface area contributed by atoms with Crippen LogP contribution in [0.2, 0.25) is 5.02 Å². The van der Waals surface area contributed by atoms with Gasteiger partial charge < -0.3 is 9.88 Å². The smallest absolute Gasteiger partial charge is 0.240 e. The zero-order valence-electron chi connectivity index (χ0n) is 17.6. The molecular formula is C24H27ClN2O3S. The van der Waals surface area contributed by atoms with E-state index >= 15 is 0 Å². The summed E-state index contributed by atoms with van der Waals surface area (Å²) in [7, 11) is -3.60. The molecule has 7 heteroatoms. The molecule has 1 amide bonds. The van der Waals surface area contributed by atoms with Gasteiger partial charge in [0.25, 0.3) is 0 Å². The Morgan fingerprint density at radius 1 is 1.10 bits per heavy atom. The van der Waals surface area contributed by atoms with Crippen molar-refractivity contribution < 1.29 is 13.2 Å². The van der Waals surface area contributed by atoms with E-state index in [2.05, 4.69) is 12.2 Å². The first-order valence-electron chi connectivity index (χ1n) is 10.7. The molecule has 0 radical (unpaired) electrons. The van der Waals surface area contributed by atoms with Crippen molar-refractivity contribution in [2.75, 3.05) is 0 Å². The summed E-state index contributed by atoms with van der Waals surface area (Å²) in [4.78, 5) is 13.0. The predicted octanol–water partition coefficient (Wildman–Crippen LogP) is 4.96. The van der Waals surface area contributed by atoms with Gasteiger partial charge in [0.2, 0.25) is 5.91 Å². The number of hydrogen-bond donors (Lipinski definition) is 1. The summed E-state index contributed by atoms with van der Waals surface area (Å²) in [6.45, 7) is 2.27. The maximum Gasteiger partial charge on any atom is 0.240 e. The molecular weight excluding hydrogens is 432 g/mol. The Morgan fingerprint density at radius 3 is 2.55 bits per heavy atom. The second-order valence-corrected chi connectivity index (χ2v) is 10.9. The van der Waals surface area contributed by atoms with Crippen molar-refractivity contribution in [2.45, 2.75) is 55.8 Å². The quantitative estimate of drug-likeness (QED) is 0.567. The van der Waals surface area contributed by atoms with E-state index in [1.165, 1.54) is 6.42 Å². The number of para-hydroxylation sites is 1. The first kappa shape index (κ1) is 21.9. The highest BCUT2D eigenvalue weighted by Gasteiger charge is 2.25. The van der Waals surface area contributed by atoms with Gasteiger partial charge in [-0.25, -0.2) is 8.42 Å². The van der Waals surface area contributed by atoms with Crippen LogP contribution in [0.25, 0.3) is 10.9 Å². The van der Waals surface area contributed by atoms with Crippen molar-refractivity contribution in [3.05, 3.63) is 65.3 Å². The van der Waals surface area contributed by atoms with Crippen molar-refractivity contribution >= 4 is 38.2 Å². The van der Waals surface area contributed by atoms with E-state index in [0.717, 1.165) is 24.8 Å². The van der Waals surface area contributed by atoms with Crippen LogP contribution >= 0.6 is 11.6 Å². The second kappa shape index (κ2) is 9.05. The number of rotatable bonds is 6. The largest absolute Gasteiger partial charge is 0.352 e. The molecule has 2 atom stereocenters. The molecule has 1 aliphatic carbocycles. The van der Waals surface area contributed by atoms with Gasteiger partial charge in [-0.3, -0.25) is 4.79 Å². The van der Waals surface area contributed by atoms with Crippen LogP contribution < -0.4 is 5.32 Å². The minimum absolute atomic E-state index is 0.0823. The standard InChI is InChI=1S/C24H27ClN2O3S/c1-17-6-2-4-8-21(17)26-24(28)15-27-14-23(20-7-3-5-9-22(20)27)31(29,30)16-18-10-12-19(25)13-11-18/h3,5,7,9-14,17,21H,2,4,6,8,15-16H2,1H3,(H,26,28). The minimum atomic E-state index is -3.60. The van der Waals surface area contributed by atoms with Gasteiger partial charge in [0, 0.05) is 28.2 Å². The van der Waals surface area contributed by atoms with Gasteiger partial charge >= 0.3 is 0 Å². The summed E-state index contributed by atoms with van der Waals surface area (Å²) in [6.07, 6.45) is 6.07. The van der Waals surface area contributed by atoms with Gasteiger partial charge in [0.15, 0.2) is 9.84 Å². The van der Waals surface area contributed by atoms with Gasteiger partial charge in [-0.05, 0) is 42.5 Å². The predicted molar refractivity (Wildman–Crippen MR) is 124 cm³/mol. The maximum atomic E-state index is 13.2. The third-order valence-electron chi connectivity index (χ3n) is 6.13. The van der Waals surface area contributed by atoms with Crippen LogP contribution in [0, 0.1) is 5.92 Å². The lowest BCUT2D eigenvalue weighted by Crippen LogP contribution is -2.42. The highest BCUT2D eigenvalue weighted by Crippen LogP contribution is 2.29. The highest BCUT2D eigenvalue weighted by molar-refractivity contribution is 7.90. The van der Waals surface area contributed by atoms with Gasteiger partial charge in [-0.2, -0.15) is 0 Å². The van der Waals surface area contributed by atoms with E-state index in [1.54, 1.807) is 41.1 Å². The molecule has 1 saturated carbocycles. The third-order valence-corrected chi connectivity index (χ3v) is 8.09. The Morgan fingerprint density at radius 2 is 1.81 bits per heavy atom. The number of fused-ring (bicyclic) bond motifs is 1. The van der Waals surface area contributed by atoms with Crippen LogP contribution in [0.4, 0.5) is 0 Å². The summed E-state index contributed by atoms with van der Waals surface area (Å²) in [5.41, 5.74) is 1.41. The molecule has 1 aromatic heterocycles. The monoisotopic (exact) mass is 458 g/mol. The van der Waals surface area contributed by atoms with Crippen molar-refractivity contribution in [2.24, 2.45) is 5.92 Å². The SMILES string of the molecule is CC1CCCCC1NC(=O)Cn1cc(S(=O)(=O)Cc2ccc(Cl)cc2)c2ccccc21. The number of aromatic nitrogens is 1. The summed E-state index contributed by atoms with van der Waals surface area (Å²) >= 11 is 5.92. The number of halogens is 1. The van der Waals surface area contributed by atoms with Crippen LogP contribution in [0.3, 0.4) is 0 Å².